The zero-order chi connectivity index (χ0) is 14.4. The molecule has 1 aliphatic heterocycles. The van der Waals surface area contributed by atoms with E-state index < -0.39 is 5.41 Å². The van der Waals surface area contributed by atoms with E-state index in [0.29, 0.717) is 38.2 Å². The van der Waals surface area contributed by atoms with Crippen LogP contribution < -0.4 is 5.32 Å². The fourth-order valence-electron chi connectivity index (χ4n) is 2.16. The molecule has 0 aliphatic carbocycles. The van der Waals surface area contributed by atoms with Gasteiger partial charge >= 0.3 is 0 Å². The van der Waals surface area contributed by atoms with Crippen LogP contribution in [0, 0.1) is 28.1 Å². The van der Waals surface area contributed by atoms with Gasteiger partial charge in [-0.15, -0.1) is 0 Å². The standard InChI is InChI=1S/C15H15N3O2/c16-9-12-1-3-13(4-2-12)10-18-14(19)15(11-17)5-7-20-8-6-15/h1-4H,5-8,10H2,(H,18,19). The quantitative estimate of drug-likeness (QED) is 0.900. The van der Waals surface area contributed by atoms with Crippen molar-refractivity contribution in [1.29, 1.82) is 10.5 Å². The second-order valence-electron chi connectivity index (χ2n) is 4.80. The molecule has 1 saturated heterocycles. The van der Waals surface area contributed by atoms with Crippen LogP contribution in [-0.2, 0) is 16.1 Å². The number of nitrogens with zero attached hydrogens (tertiary/aromatic N) is 2. The highest BCUT2D eigenvalue weighted by Gasteiger charge is 2.40. The molecule has 0 atom stereocenters. The third kappa shape index (κ3) is 2.96. The van der Waals surface area contributed by atoms with Gasteiger partial charge in [-0.05, 0) is 30.5 Å². The van der Waals surface area contributed by atoms with Crippen molar-refractivity contribution in [3.8, 4) is 12.1 Å². The third-order valence-electron chi connectivity index (χ3n) is 3.53. The third-order valence-corrected chi connectivity index (χ3v) is 3.53. The smallest absolute Gasteiger partial charge is 0.240 e. The van der Waals surface area contributed by atoms with Gasteiger partial charge in [0.05, 0.1) is 17.7 Å². The van der Waals surface area contributed by atoms with Crippen LogP contribution in [0.2, 0.25) is 0 Å². The summed E-state index contributed by atoms with van der Waals surface area (Å²) in [5.74, 6) is -0.243. The number of nitrogens with one attached hydrogen (secondary N) is 1. The molecule has 0 saturated carbocycles. The maximum Gasteiger partial charge on any atom is 0.240 e. The van der Waals surface area contributed by atoms with Crippen molar-refractivity contribution in [3.63, 3.8) is 0 Å². The van der Waals surface area contributed by atoms with Gasteiger partial charge in [0, 0.05) is 19.8 Å². The van der Waals surface area contributed by atoms with Crippen LogP contribution in [0.15, 0.2) is 24.3 Å². The summed E-state index contributed by atoms with van der Waals surface area (Å²) in [7, 11) is 0. The molecule has 0 radical (unpaired) electrons. The van der Waals surface area contributed by atoms with Crippen molar-refractivity contribution in [1.82, 2.24) is 5.32 Å². The number of benzene rings is 1. The summed E-state index contributed by atoms with van der Waals surface area (Å²) in [4.78, 5) is 12.2. The van der Waals surface area contributed by atoms with Crippen LogP contribution in [0.1, 0.15) is 24.0 Å². The molecule has 1 aromatic carbocycles. The van der Waals surface area contributed by atoms with Crippen LogP contribution in [-0.4, -0.2) is 19.1 Å². The molecule has 2 rings (SSSR count). The lowest BCUT2D eigenvalue weighted by molar-refractivity contribution is -0.132. The van der Waals surface area contributed by atoms with Gasteiger partial charge in [0.15, 0.2) is 0 Å². The maximum atomic E-state index is 12.2. The molecule has 5 nitrogen and oxygen atoms in total. The Bertz CT molecular complexity index is 560. The summed E-state index contributed by atoms with van der Waals surface area (Å²) in [6, 6.07) is 11.2. The largest absolute Gasteiger partial charge is 0.381 e. The Morgan fingerprint density at radius 3 is 2.45 bits per heavy atom. The molecule has 1 aliphatic rings. The molecular formula is C15H15N3O2. The minimum absolute atomic E-state index is 0.243. The van der Waals surface area contributed by atoms with E-state index in [2.05, 4.69) is 11.4 Å². The normalized spacial score (nSPS) is 16.7. The van der Waals surface area contributed by atoms with Crippen LogP contribution >= 0.6 is 0 Å². The van der Waals surface area contributed by atoms with Crippen LogP contribution in [0.4, 0.5) is 0 Å². The average Bonchev–Trinajstić information content (AvgIpc) is 2.53. The van der Waals surface area contributed by atoms with Gasteiger partial charge in [0.25, 0.3) is 0 Å². The van der Waals surface area contributed by atoms with E-state index in [1.54, 1.807) is 24.3 Å². The minimum Gasteiger partial charge on any atom is -0.381 e. The molecule has 1 aromatic rings. The predicted octanol–water partition coefficient (Wildman–Crippen LogP) is 1.49. The molecule has 0 unspecified atom stereocenters. The van der Waals surface area contributed by atoms with Gasteiger partial charge in [-0.1, -0.05) is 12.1 Å². The fourth-order valence-corrected chi connectivity index (χ4v) is 2.16. The van der Waals surface area contributed by atoms with Crippen molar-refractivity contribution in [2.24, 2.45) is 5.41 Å². The van der Waals surface area contributed by atoms with E-state index in [9.17, 15) is 10.1 Å². The highest BCUT2D eigenvalue weighted by atomic mass is 16.5. The molecule has 0 aromatic heterocycles. The molecule has 0 spiro atoms. The van der Waals surface area contributed by atoms with E-state index in [1.807, 2.05) is 6.07 Å². The molecular weight excluding hydrogens is 254 g/mol. The minimum atomic E-state index is -0.967. The maximum absolute atomic E-state index is 12.2. The zero-order valence-corrected chi connectivity index (χ0v) is 11.1. The van der Waals surface area contributed by atoms with Gasteiger partial charge < -0.3 is 10.1 Å². The number of nitriles is 2. The lowest BCUT2D eigenvalue weighted by atomic mass is 9.81. The summed E-state index contributed by atoms with van der Waals surface area (Å²) in [5, 5.41) is 20.8. The van der Waals surface area contributed by atoms with E-state index >= 15 is 0 Å². The molecule has 102 valence electrons. The first-order valence-corrected chi connectivity index (χ1v) is 6.46. The molecule has 1 fully saturated rings. The highest BCUT2D eigenvalue weighted by Crippen LogP contribution is 2.29. The molecule has 1 amide bonds. The number of hydrogen-bond donors (Lipinski definition) is 1. The summed E-state index contributed by atoms with van der Waals surface area (Å²) >= 11 is 0. The van der Waals surface area contributed by atoms with Crippen molar-refractivity contribution in [2.45, 2.75) is 19.4 Å². The summed E-state index contributed by atoms with van der Waals surface area (Å²) in [6.45, 7) is 1.24. The lowest BCUT2D eigenvalue weighted by Gasteiger charge is -2.29. The number of hydrogen-bond acceptors (Lipinski definition) is 4. The van der Waals surface area contributed by atoms with Crippen molar-refractivity contribution < 1.29 is 9.53 Å². The second-order valence-corrected chi connectivity index (χ2v) is 4.80. The summed E-state index contributed by atoms with van der Waals surface area (Å²) in [6.07, 6.45) is 0.866. The Morgan fingerprint density at radius 1 is 1.25 bits per heavy atom. The van der Waals surface area contributed by atoms with Gasteiger partial charge in [0.2, 0.25) is 5.91 Å². The summed E-state index contributed by atoms with van der Waals surface area (Å²) < 4.78 is 5.20. The Morgan fingerprint density at radius 2 is 1.90 bits per heavy atom. The van der Waals surface area contributed by atoms with Crippen molar-refractivity contribution in [2.75, 3.05) is 13.2 Å². The SMILES string of the molecule is N#Cc1ccc(CNC(=O)C2(C#N)CCOCC2)cc1. The highest BCUT2D eigenvalue weighted by molar-refractivity contribution is 5.85. The monoisotopic (exact) mass is 269 g/mol. The molecule has 0 bridgehead atoms. The lowest BCUT2D eigenvalue weighted by Crippen LogP contribution is -2.43. The van der Waals surface area contributed by atoms with E-state index in [4.69, 9.17) is 10.00 Å². The van der Waals surface area contributed by atoms with Gasteiger partial charge in [-0.3, -0.25) is 4.79 Å². The number of amides is 1. The van der Waals surface area contributed by atoms with Crippen molar-refractivity contribution >= 4 is 5.91 Å². The zero-order valence-electron chi connectivity index (χ0n) is 11.1. The first-order valence-electron chi connectivity index (χ1n) is 6.46. The number of ether oxygens (including phenoxy) is 1. The van der Waals surface area contributed by atoms with Gasteiger partial charge in [-0.25, -0.2) is 0 Å². The van der Waals surface area contributed by atoms with E-state index in [1.165, 1.54) is 0 Å². The molecule has 1 N–H and O–H groups in total. The van der Waals surface area contributed by atoms with E-state index in [-0.39, 0.29) is 5.91 Å². The number of carbonyl (C=O) groups excluding carboxylic acids is 1. The molecule has 5 heteroatoms. The average molecular weight is 269 g/mol. The van der Waals surface area contributed by atoms with Crippen LogP contribution in [0.5, 0.6) is 0 Å². The Balaban J connectivity index is 1.97. The van der Waals surface area contributed by atoms with Crippen LogP contribution in [0.3, 0.4) is 0 Å². The number of rotatable bonds is 3. The first kappa shape index (κ1) is 14.0. The van der Waals surface area contributed by atoms with Gasteiger partial charge in [-0.2, -0.15) is 10.5 Å². The topological polar surface area (TPSA) is 85.9 Å². The predicted molar refractivity (Wildman–Crippen MR) is 71.1 cm³/mol. The summed E-state index contributed by atoms with van der Waals surface area (Å²) in [5.41, 5.74) is 0.515. The van der Waals surface area contributed by atoms with E-state index in [0.717, 1.165) is 5.56 Å². The van der Waals surface area contributed by atoms with Gasteiger partial charge in [0.1, 0.15) is 5.41 Å². The Labute approximate surface area is 117 Å². The van der Waals surface area contributed by atoms with Crippen LogP contribution in [0.25, 0.3) is 0 Å². The number of carbonyl (C=O) groups is 1. The fraction of sp³-hybridized carbons (Fsp3) is 0.400. The Kier molecular flexibility index (Phi) is 4.34. The van der Waals surface area contributed by atoms with Crippen molar-refractivity contribution in [3.05, 3.63) is 35.4 Å². The Hall–Kier alpha value is -2.37. The molecule has 1 heterocycles. The second kappa shape index (κ2) is 6.18. The molecule has 20 heavy (non-hydrogen) atoms. The first-order chi connectivity index (χ1) is 9.70.